The Morgan fingerprint density at radius 3 is 2.49 bits per heavy atom. The highest BCUT2D eigenvalue weighted by molar-refractivity contribution is 6.06. The highest BCUT2D eigenvalue weighted by Gasteiger charge is 2.22. The summed E-state index contributed by atoms with van der Waals surface area (Å²) in [6, 6.07) is 11.0. The molecule has 0 saturated carbocycles. The maximum atomic E-state index is 14.4. The number of hydrogen-bond acceptors (Lipinski definition) is 5. The van der Waals surface area contributed by atoms with Crippen molar-refractivity contribution in [3.05, 3.63) is 75.8 Å². The summed E-state index contributed by atoms with van der Waals surface area (Å²) in [5.41, 5.74) is -0.674. The van der Waals surface area contributed by atoms with Gasteiger partial charge in [-0.15, -0.1) is 0 Å². The molecule has 0 saturated heterocycles. The molecule has 35 heavy (non-hydrogen) atoms. The minimum Gasteiger partial charge on any atom is -0.435 e. The van der Waals surface area contributed by atoms with Gasteiger partial charge in [-0.05, 0) is 43.5 Å². The predicted molar refractivity (Wildman–Crippen MR) is 125 cm³/mol. The first kappa shape index (κ1) is 26.0. The molecule has 10 heteroatoms. The Morgan fingerprint density at radius 2 is 1.86 bits per heavy atom. The first-order valence-electron chi connectivity index (χ1n) is 10.9. The van der Waals surface area contributed by atoms with E-state index in [9.17, 15) is 27.9 Å². The number of aliphatic hydroxyl groups is 1. The number of carbonyl (C=O) groups is 1. The van der Waals surface area contributed by atoms with Crippen LogP contribution in [0.2, 0.25) is 0 Å². The maximum Gasteiger partial charge on any atom is 0.387 e. The fraction of sp³-hybridized carbons (Fsp3) is 0.320. The number of benzene rings is 2. The minimum atomic E-state index is -3.15. The van der Waals surface area contributed by atoms with Gasteiger partial charge in [0.1, 0.15) is 17.3 Å². The molecule has 0 atom stereocenters. The normalized spacial score (nSPS) is 11.7. The minimum absolute atomic E-state index is 0.000299. The number of aromatic nitrogens is 2. The number of amides is 1. The van der Waals surface area contributed by atoms with Crippen LogP contribution >= 0.6 is 0 Å². The largest absolute Gasteiger partial charge is 0.435 e. The second-order valence-corrected chi connectivity index (χ2v) is 8.93. The molecule has 3 rings (SSSR count). The van der Waals surface area contributed by atoms with Crippen LogP contribution in [0, 0.1) is 5.82 Å². The third-order valence-corrected chi connectivity index (χ3v) is 5.03. The number of hydrogen-bond donors (Lipinski definition) is 2. The predicted octanol–water partition coefficient (Wildman–Crippen LogP) is 4.80. The van der Waals surface area contributed by atoms with Gasteiger partial charge in [0, 0.05) is 11.6 Å². The molecule has 2 N–H and O–H groups in total. The summed E-state index contributed by atoms with van der Waals surface area (Å²) >= 11 is 0. The van der Waals surface area contributed by atoms with E-state index in [1.807, 2.05) is 26.0 Å². The van der Waals surface area contributed by atoms with Crippen molar-refractivity contribution < 1.29 is 27.8 Å². The van der Waals surface area contributed by atoms with Crippen LogP contribution in [-0.2, 0) is 6.54 Å². The molecule has 3 aromatic rings. The lowest BCUT2D eigenvalue weighted by molar-refractivity contribution is -0.0499. The molecule has 0 aliphatic rings. The Kier molecular flexibility index (Phi) is 7.64. The Balaban J connectivity index is 2.13. The molecule has 186 valence electrons. The summed E-state index contributed by atoms with van der Waals surface area (Å²) in [6.45, 7) is 3.72. The average Bonchev–Trinajstić information content (AvgIpc) is 2.75. The third-order valence-electron chi connectivity index (χ3n) is 5.03. The molecule has 1 amide bonds. The molecule has 0 radical (unpaired) electrons. The average molecular weight is 489 g/mol. The van der Waals surface area contributed by atoms with Crippen molar-refractivity contribution in [3.63, 3.8) is 0 Å². The number of rotatable bonds is 8. The smallest absolute Gasteiger partial charge is 0.387 e. The number of nitrogens with zero attached hydrogens (tertiary/aromatic N) is 2. The van der Waals surface area contributed by atoms with E-state index in [0.29, 0.717) is 5.56 Å². The second kappa shape index (κ2) is 10.3. The van der Waals surface area contributed by atoms with E-state index in [2.05, 4.69) is 15.2 Å². The van der Waals surface area contributed by atoms with Gasteiger partial charge in [-0.25, -0.2) is 9.07 Å². The molecular formula is C25H26F3N3O4. The monoisotopic (exact) mass is 489 g/mol. The van der Waals surface area contributed by atoms with Gasteiger partial charge in [-0.2, -0.15) is 13.9 Å². The lowest BCUT2D eigenvalue weighted by Crippen LogP contribution is -2.34. The van der Waals surface area contributed by atoms with E-state index in [-0.39, 0.29) is 23.8 Å². The zero-order valence-corrected chi connectivity index (χ0v) is 19.7. The van der Waals surface area contributed by atoms with Gasteiger partial charge in [-0.1, -0.05) is 38.1 Å². The van der Waals surface area contributed by atoms with Crippen molar-refractivity contribution in [3.8, 4) is 17.0 Å². The molecule has 1 heterocycles. The molecular weight excluding hydrogens is 463 g/mol. The first-order valence-corrected chi connectivity index (χ1v) is 10.9. The van der Waals surface area contributed by atoms with Gasteiger partial charge in [0.2, 0.25) is 0 Å². The molecule has 0 aliphatic heterocycles. The Hall–Kier alpha value is -3.66. The SMILES string of the molecule is CC(C)c1ccccc1-c1nn(CC(C)(C)O)c(=O)cc1NC(=O)c1cc(OC(F)F)ccc1F. The summed E-state index contributed by atoms with van der Waals surface area (Å²) in [7, 11) is 0. The van der Waals surface area contributed by atoms with E-state index in [1.165, 1.54) is 13.8 Å². The van der Waals surface area contributed by atoms with Crippen molar-refractivity contribution >= 4 is 11.6 Å². The summed E-state index contributed by atoms with van der Waals surface area (Å²) in [5, 5.41) is 17.1. The molecule has 0 aliphatic carbocycles. The van der Waals surface area contributed by atoms with Gasteiger partial charge in [0.15, 0.2) is 0 Å². The van der Waals surface area contributed by atoms with Crippen molar-refractivity contribution in [2.45, 2.75) is 52.4 Å². The van der Waals surface area contributed by atoms with E-state index in [0.717, 1.165) is 34.5 Å². The molecule has 1 aromatic heterocycles. The van der Waals surface area contributed by atoms with Crippen LogP contribution < -0.4 is 15.6 Å². The fourth-order valence-electron chi connectivity index (χ4n) is 3.52. The first-order chi connectivity index (χ1) is 16.4. The van der Waals surface area contributed by atoms with Crippen LogP contribution in [0.25, 0.3) is 11.3 Å². The van der Waals surface area contributed by atoms with Gasteiger partial charge in [0.25, 0.3) is 11.5 Å². The fourth-order valence-corrected chi connectivity index (χ4v) is 3.52. The van der Waals surface area contributed by atoms with Gasteiger partial charge < -0.3 is 15.2 Å². The van der Waals surface area contributed by atoms with Crippen LogP contribution in [0.15, 0.2) is 53.3 Å². The summed E-state index contributed by atoms with van der Waals surface area (Å²) in [5.74, 6) is -2.27. The molecule has 0 bridgehead atoms. The molecule has 7 nitrogen and oxygen atoms in total. The van der Waals surface area contributed by atoms with E-state index < -0.39 is 40.8 Å². The quantitative estimate of drug-likeness (QED) is 0.474. The van der Waals surface area contributed by atoms with Crippen LogP contribution in [-0.4, -0.2) is 33.0 Å². The molecule has 0 spiro atoms. The zero-order chi connectivity index (χ0) is 25.9. The lowest BCUT2D eigenvalue weighted by Gasteiger charge is -2.21. The van der Waals surface area contributed by atoms with Crippen molar-refractivity contribution in [1.29, 1.82) is 0 Å². The van der Waals surface area contributed by atoms with Gasteiger partial charge in [0.05, 0.1) is 23.4 Å². The van der Waals surface area contributed by atoms with E-state index in [1.54, 1.807) is 12.1 Å². The summed E-state index contributed by atoms with van der Waals surface area (Å²) < 4.78 is 44.8. The van der Waals surface area contributed by atoms with Crippen molar-refractivity contribution in [2.24, 2.45) is 0 Å². The Morgan fingerprint density at radius 1 is 1.17 bits per heavy atom. The number of nitrogens with one attached hydrogen (secondary N) is 1. The molecule has 0 unspecified atom stereocenters. The van der Waals surface area contributed by atoms with Crippen molar-refractivity contribution in [2.75, 3.05) is 5.32 Å². The Bertz CT molecular complexity index is 1280. The highest BCUT2D eigenvalue weighted by Crippen LogP contribution is 2.32. The van der Waals surface area contributed by atoms with E-state index >= 15 is 0 Å². The zero-order valence-electron chi connectivity index (χ0n) is 19.7. The summed E-state index contributed by atoms with van der Waals surface area (Å²) in [4.78, 5) is 25.7. The number of halogens is 3. The molecule has 0 fully saturated rings. The number of alkyl halides is 2. The number of anilines is 1. The van der Waals surface area contributed by atoms with Crippen LogP contribution in [0.3, 0.4) is 0 Å². The topological polar surface area (TPSA) is 93.5 Å². The van der Waals surface area contributed by atoms with Crippen LogP contribution in [0.5, 0.6) is 5.75 Å². The Labute approximate surface area is 200 Å². The number of ether oxygens (including phenoxy) is 1. The van der Waals surface area contributed by atoms with E-state index in [4.69, 9.17) is 0 Å². The summed E-state index contributed by atoms with van der Waals surface area (Å²) in [6.07, 6.45) is 0. The second-order valence-electron chi connectivity index (χ2n) is 8.93. The lowest BCUT2D eigenvalue weighted by atomic mass is 9.94. The maximum absolute atomic E-state index is 14.4. The van der Waals surface area contributed by atoms with Gasteiger partial charge in [-0.3, -0.25) is 9.59 Å². The van der Waals surface area contributed by atoms with Crippen molar-refractivity contribution in [1.82, 2.24) is 9.78 Å². The standard InChI is InChI=1S/C25H26F3N3O4/c1-14(2)16-7-5-6-8-17(16)22-20(12-21(32)31(30-22)13-25(3,4)34)29-23(33)18-11-15(35-24(27)28)9-10-19(18)26/h5-12,14,24,34H,13H2,1-4H3,(H,29,33). The van der Waals surface area contributed by atoms with Crippen LogP contribution in [0.4, 0.5) is 18.9 Å². The number of carbonyl (C=O) groups excluding carboxylic acids is 1. The molecule has 2 aromatic carbocycles. The highest BCUT2D eigenvalue weighted by atomic mass is 19.3. The third kappa shape index (κ3) is 6.48. The van der Waals surface area contributed by atoms with Crippen LogP contribution in [0.1, 0.15) is 49.5 Å². The van der Waals surface area contributed by atoms with Gasteiger partial charge >= 0.3 is 6.61 Å².